The van der Waals surface area contributed by atoms with Crippen LogP contribution in [0.15, 0.2) is 28.7 Å². The Hall–Kier alpha value is -1.40. The molecular formula is C23H34BrNO4. The zero-order valence-corrected chi connectivity index (χ0v) is 19.6. The van der Waals surface area contributed by atoms with Crippen LogP contribution in [-0.2, 0) is 19.9 Å². The van der Waals surface area contributed by atoms with Crippen molar-refractivity contribution < 1.29 is 19.4 Å². The standard InChI is InChI=1S/C23H34BrNO4/c1-5-6-19(22(27)29-4)20(15-16(2)3)21(26)25-13-11-23(28,12-14-25)17-7-9-18(24)10-8-17/h7-10,16,19-20,28H,5-6,11-15H2,1-4H3/t19-,20+/m0/s1. The molecule has 0 bridgehead atoms. The average Bonchev–Trinajstić information content (AvgIpc) is 2.70. The van der Waals surface area contributed by atoms with Crippen LogP contribution in [0.4, 0.5) is 0 Å². The van der Waals surface area contributed by atoms with Gasteiger partial charge in [0, 0.05) is 17.6 Å². The molecule has 2 rings (SSSR count). The first-order valence-electron chi connectivity index (χ1n) is 10.6. The summed E-state index contributed by atoms with van der Waals surface area (Å²) in [5, 5.41) is 11.1. The maximum Gasteiger partial charge on any atom is 0.309 e. The van der Waals surface area contributed by atoms with Gasteiger partial charge in [0.25, 0.3) is 0 Å². The van der Waals surface area contributed by atoms with Crippen LogP contribution in [0.2, 0.25) is 0 Å². The summed E-state index contributed by atoms with van der Waals surface area (Å²) in [5.41, 5.74) is -0.0409. The molecule has 0 unspecified atom stereocenters. The highest BCUT2D eigenvalue weighted by Gasteiger charge is 2.40. The smallest absolute Gasteiger partial charge is 0.309 e. The number of piperidine rings is 1. The molecule has 1 saturated heterocycles. The van der Waals surface area contributed by atoms with Crippen molar-refractivity contribution >= 4 is 27.8 Å². The Morgan fingerprint density at radius 2 is 1.76 bits per heavy atom. The summed E-state index contributed by atoms with van der Waals surface area (Å²) >= 11 is 3.42. The number of methoxy groups -OCH3 is 1. The summed E-state index contributed by atoms with van der Waals surface area (Å²) in [4.78, 5) is 27.6. The molecule has 1 aromatic rings. The SMILES string of the molecule is CCC[C@H](C(=O)OC)[C@@H](CC(C)C)C(=O)N1CCC(O)(c2ccc(Br)cc2)CC1. The number of carbonyl (C=O) groups excluding carboxylic acids is 2. The molecule has 5 nitrogen and oxygen atoms in total. The van der Waals surface area contributed by atoms with Crippen molar-refractivity contribution in [1.29, 1.82) is 0 Å². The van der Waals surface area contributed by atoms with Gasteiger partial charge in [0.2, 0.25) is 5.91 Å². The fourth-order valence-electron chi connectivity index (χ4n) is 4.27. The second kappa shape index (κ2) is 10.6. The van der Waals surface area contributed by atoms with Gasteiger partial charge in [-0.3, -0.25) is 9.59 Å². The molecule has 0 aliphatic carbocycles. The molecule has 0 aromatic heterocycles. The lowest BCUT2D eigenvalue weighted by Crippen LogP contribution is -2.49. The van der Waals surface area contributed by atoms with Gasteiger partial charge in [-0.05, 0) is 49.3 Å². The highest BCUT2D eigenvalue weighted by Crippen LogP contribution is 2.35. The van der Waals surface area contributed by atoms with Gasteiger partial charge in [-0.15, -0.1) is 0 Å². The molecule has 162 valence electrons. The molecule has 1 aliphatic heterocycles. The van der Waals surface area contributed by atoms with Crippen molar-refractivity contribution in [3.8, 4) is 0 Å². The number of esters is 1. The van der Waals surface area contributed by atoms with Crippen molar-refractivity contribution in [2.75, 3.05) is 20.2 Å². The van der Waals surface area contributed by atoms with Crippen LogP contribution >= 0.6 is 15.9 Å². The van der Waals surface area contributed by atoms with E-state index in [0.29, 0.717) is 44.7 Å². The van der Waals surface area contributed by atoms with E-state index in [9.17, 15) is 14.7 Å². The molecule has 1 aliphatic rings. The van der Waals surface area contributed by atoms with E-state index in [2.05, 4.69) is 29.8 Å². The fourth-order valence-corrected chi connectivity index (χ4v) is 4.54. The Morgan fingerprint density at radius 3 is 2.24 bits per heavy atom. The zero-order chi connectivity index (χ0) is 21.6. The van der Waals surface area contributed by atoms with Gasteiger partial charge in [-0.1, -0.05) is 55.3 Å². The Kier molecular flexibility index (Phi) is 8.71. The predicted octanol–water partition coefficient (Wildman–Crippen LogP) is 4.51. The topological polar surface area (TPSA) is 66.8 Å². The largest absolute Gasteiger partial charge is 0.469 e. The predicted molar refractivity (Wildman–Crippen MR) is 117 cm³/mol. The van der Waals surface area contributed by atoms with Gasteiger partial charge in [0.15, 0.2) is 0 Å². The number of aliphatic hydroxyl groups is 1. The summed E-state index contributed by atoms with van der Waals surface area (Å²) in [6.45, 7) is 7.14. The van der Waals surface area contributed by atoms with Crippen LogP contribution in [0.5, 0.6) is 0 Å². The normalized spacial score (nSPS) is 18.4. The number of benzene rings is 1. The molecule has 1 amide bonds. The maximum absolute atomic E-state index is 13.4. The Bertz CT molecular complexity index is 681. The Morgan fingerprint density at radius 1 is 1.17 bits per heavy atom. The molecule has 6 heteroatoms. The van der Waals surface area contributed by atoms with Gasteiger partial charge < -0.3 is 14.7 Å². The monoisotopic (exact) mass is 467 g/mol. The van der Waals surface area contributed by atoms with Gasteiger partial charge in [-0.2, -0.15) is 0 Å². The lowest BCUT2D eigenvalue weighted by Gasteiger charge is -2.40. The molecule has 0 spiro atoms. The first-order chi connectivity index (χ1) is 13.7. The third kappa shape index (κ3) is 6.05. The van der Waals surface area contributed by atoms with Crippen molar-refractivity contribution in [2.24, 2.45) is 17.8 Å². The molecule has 1 heterocycles. The van der Waals surface area contributed by atoms with E-state index in [1.165, 1.54) is 7.11 Å². The highest BCUT2D eigenvalue weighted by atomic mass is 79.9. The quantitative estimate of drug-likeness (QED) is 0.571. The van der Waals surface area contributed by atoms with Gasteiger partial charge in [0.1, 0.15) is 0 Å². The molecule has 1 N–H and O–H groups in total. The number of nitrogens with zero attached hydrogens (tertiary/aromatic N) is 1. The minimum absolute atomic E-state index is 0.0143. The van der Waals surface area contributed by atoms with E-state index < -0.39 is 11.5 Å². The second-order valence-corrected chi connectivity index (χ2v) is 9.43. The summed E-state index contributed by atoms with van der Waals surface area (Å²) in [6.07, 6.45) is 3.11. The minimum atomic E-state index is -0.920. The molecular weight excluding hydrogens is 434 g/mol. The number of hydrogen-bond donors (Lipinski definition) is 1. The van der Waals surface area contributed by atoms with Crippen molar-refractivity contribution in [3.63, 3.8) is 0 Å². The van der Waals surface area contributed by atoms with Crippen molar-refractivity contribution in [2.45, 2.75) is 58.5 Å². The van der Waals surface area contributed by atoms with Crippen LogP contribution in [0.1, 0.15) is 58.4 Å². The van der Waals surface area contributed by atoms with Gasteiger partial charge in [0.05, 0.1) is 24.5 Å². The molecule has 0 radical (unpaired) electrons. The Labute approximate surface area is 182 Å². The minimum Gasteiger partial charge on any atom is -0.469 e. The van der Waals surface area contributed by atoms with Crippen LogP contribution in [0, 0.1) is 17.8 Å². The van der Waals surface area contributed by atoms with Crippen molar-refractivity contribution in [3.05, 3.63) is 34.3 Å². The van der Waals surface area contributed by atoms with Crippen LogP contribution in [-0.4, -0.2) is 42.1 Å². The van der Waals surface area contributed by atoms with E-state index in [4.69, 9.17) is 4.74 Å². The summed E-state index contributed by atoms with van der Waals surface area (Å²) in [5.74, 6) is -0.763. The second-order valence-electron chi connectivity index (χ2n) is 8.52. The van der Waals surface area contributed by atoms with Gasteiger partial charge in [-0.25, -0.2) is 0 Å². The summed E-state index contributed by atoms with van der Waals surface area (Å²) in [7, 11) is 1.39. The molecule has 1 aromatic carbocycles. The Balaban J connectivity index is 2.14. The van der Waals surface area contributed by atoms with E-state index in [1.54, 1.807) is 0 Å². The fraction of sp³-hybridized carbons (Fsp3) is 0.652. The number of likely N-dealkylation sites (tertiary alicyclic amines) is 1. The van der Waals surface area contributed by atoms with E-state index >= 15 is 0 Å². The number of amides is 1. The van der Waals surface area contributed by atoms with E-state index in [-0.39, 0.29) is 17.8 Å². The van der Waals surface area contributed by atoms with Gasteiger partial charge >= 0.3 is 5.97 Å². The number of halogens is 1. The molecule has 1 fully saturated rings. The zero-order valence-electron chi connectivity index (χ0n) is 18.0. The van der Waals surface area contributed by atoms with Crippen LogP contribution in [0.3, 0.4) is 0 Å². The van der Waals surface area contributed by atoms with Crippen molar-refractivity contribution in [1.82, 2.24) is 4.90 Å². The van der Waals surface area contributed by atoms with E-state index in [1.807, 2.05) is 36.1 Å². The molecule has 2 atom stereocenters. The maximum atomic E-state index is 13.4. The third-order valence-electron chi connectivity index (χ3n) is 5.92. The molecule has 0 saturated carbocycles. The highest BCUT2D eigenvalue weighted by molar-refractivity contribution is 9.10. The first kappa shape index (κ1) is 23.9. The third-order valence-corrected chi connectivity index (χ3v) is 6.44. The van der Waals surface area contributed by atoms with Crippen LogP contribution < -0.4 is 0 Å². The average molecular weight is 468 g/mol. The number of carbonyl (C=O) groups is 2. The first-order valence-corrected chi connectivity index (χ1v) is 11.4. The summed E-state index contributed by atoms with van der Waals surface area (Å²) in [6, 6.07) is 7.71. The number of ether oxygens (including phenoxy) is 1. The van der Waals surface area contributed by atoms with E-state index in [0.717, 1.165) is 16.5 Å². The lowest BCUT2D eigenvalue weighted by atomic mass is 9.80. The number of hydrogen-bond acceptors (Lipinski definition) is 4. The van der Waals surface area contributed by atoms with Crippen LogP contribution in [0.25, 0.3) is 0 Å². The number of rotatable bonds is 8. The summed E-state index contributed by atoms with van der Waals surface area (Å²) < 4.78 is 5.98. The lowest BCUT2D eigenvalue weighted by molar-refractivity contribution is -0.155. The molecule has 29 heavy (non-hydrogen) atoms.